The van der Waals surface area contributed by atoms with Crippen molar-refractivity contribution in [3.63, 3.8) is 0 Å². The van der Waals surface area contributed by atoms with Gasteiger partial charge in [0, 0.05) is 18.7 Å². The molecular weight excluding hydrogens is 513 g/mol. The van der Waals surface area contributed by atoms with E-state index in [9.17, 15) is 22.4 Å². The SMILES string of the molecule is CCS(=O)(=O)N(CC(=O)N(Cc1ccc(F)cc1)C(C)C(=O)NC1CCCCC1)c1ccc2c(c1)OCO2. The molecule has 0 saturated heterocycles. The van der Waals surface area contributed by atoms with Crippen molar-refractivity contribution in [3.8, 4) is 11.5 Å². The Morgan fingerprint density at radius 1 is 1.05 bits per heavy atom. The third kappa shape index (κ3) is 6.56. The summed E-state index contributed by atoms with van der Waals surface area (Å²) in [6, 6.07) is 9.49. The second kappa shape index (κ2) is 12.0. The summed E-state index contributed by atoms with van der Waals surface area (Å²) in [6.07, 6.45) is 4.99. The molecule has 0 spiro atoms. The van der Waals surface area contributed by atoms with E-state index >= 15 is 0 Å². The summed E-state index contributed by atoms with van der Waals surface area (Å²) in [6.45, 7) is 2.64. The lowest BCUT2D eigenvalue weighted by Gasteiger charge is -2.33. The highest BCUT2D eigenvalue weighted by molar-refractivity contribution is 7.92. The quantitative estimate of drug-likeness (QED) is 0.488. The Kier molecular flexibility index (Phi) is 8.76. The minimum atomic E-state index is -3.87. The largest absolute Gasteiger partial charge is 0.454 e. The smallest absolute Gasteiger partial charge is 0.244 e. The number of carbonyl (C=O) groups is 2. The molecule has 1 fully saturated rings. The first-order valence-corrected chi connectivity index (χ1v) is 14.5. The van der Waals surface area contributed by atoms with Crippen LogP contribution in [0.3, 0.4) is 0 Å². The number of nitrogens with zero attached hydrogens (tertiary/aromatic N) is 2. The Bertz CT molecular complexity index is 1250. The molecule has 1 unspecified atom stereocenters. The molecule has 2 aromatic carbocycles. The molecule has 1 saturated carbocycles. The topological polar surface area (TPSA) is 105 Å². The van der Waals surface area contributed by atoms with Gasteiger partial charge in [0.2, 0.25) is 28.6 Å². The van der Waals surface area contributed by atoms with Gasteiger partial charge in [0.1, 0.15) is 18.4 Å². The number of rotatable bonds is 10. The van der Waals surface area contributed by atoms with E-state index in [4.69, 9.17) is 9.47 Å². The number of halogens is 1. The van der Waals surface area contributed by atoms with Crippen molar-refractivity contribution in [2.45, 2.75) is 64.6 Å². The predicted molar refractivity (Wildman–Crippen MR) is 141 cm³/mol. The van der Waals surface area contributed by atoms with Crippen molar-refractivity contribution in [2.75, 3.05) is 23.4 Å². The van der Waals surface area contributed by atoms with Crippen LogP contribution in [0.25, 0.3) is 0 Å². The molecule has 2 aromatic rings. The predicted octanol–water partition coefficient (Wildman–Crippen LogP) is 3.58. The van der Waals surface area contributed by atoms with Gasteiger partial charge in [0.15, 0.2) is 11.5 Å². The number of hydrogen-bond donors (Lipinski definition) is 1. The number of benzene rings is 2. The number of sulfonamides is 1. The third-order valence-electron chi connectivity index (χ3n) is 7.01. The molecule has 206 valence electrons. The molecule has 2 amide bonds. The summed E-state index contributed by atoms with van der Waals surface area (Å²) in [5, 5.41) is 3.05. The van der Waals surface area contributed by atoms with Gasteiger partial charge in [-0.05, 0) is 56.5 Å². The second-order valence-electron chi connectivity index (χ2n) is 9.61. The van der Waals surface area contributed by atoms with Crippen LogP contribution in [0.5, 0.6) is 11.5 Å². The lowest BCUT2D eigenvalue weighted by Crippen LogP contribution is -2.53. The Morgan fingerprint density at radius 3 is 2.42 bits per heavy atom. The van der Waals surface area contributed by atoms with Crippen LogP contribution in [0.1, 0.15) is 51.5 Å². The van der Waals surface area contributed by atoms with Gasteiger partial charge >= 0.3 is 0 Å². The maximum absolute atomic E-state index is 13.7. The van der Waals surface area contributed by atoms with Crippen LogP contribution in [0, 0.1) is 5.82 Å². The molecule has 1 aliphatic heterocycles. The molecule has 0 aromatic heterocycles. The van der Waals surface area contributed by atoms with Crippen LogP contribution in [-0.4, -0.2) is 56.3 Å². The third-order valence-corrected chi connectivity index (χ3v) is 8.75. The molecule has 0 bridgehead atoms. The number of ether oxygens (including phenoxy) is 2. The molecule has 11 heteroatoms. The molecule has 0 radical (unpaired) electrons. The highest BCUT2D eigenvalue weighted by Gasteiger charge is 2.32. The lowest BCUT2D eigenvalue weighted by molar-refractivity contribution is -0.139. The first kappa shape index (κ1) is 27.7. The van der Waals surface area contributed by atoms with Crippen molar-refractivity contribution >= 4 is 27.5 Å². The van der Waals surface area contributed by atoms with Gasteiger partial charge in [-0.15, -0.1) is 0 Å². The molecular formula is C27H34FN3O6S. The summed E-state index contributed by atoms with van der Waals surface area (Å²) in [4.78, 5) is 28.3. The molecule has 38 heavy (non-hydrogen) atoms. The van der Waals surface area contributed by atoms with E-state index in [1.165, 1.54) is 30.0 Å². The first-order valence-electron chi connectivity index (χ1n) is 12.9. The van der Waals surface area contributed by atoms with Gasteiger partial charge < -0.3 is 19.7 Å². The van der Waals surface area contributed by atoms with Crippen molar-refractivity contribution in [3.05, 3.63) is 53.8 Å². The highest BCUT2D eigenvalue weighted by Crippen LogP contribution is 2.36. The van der Waals surface area contributed by atoms with Crippen LogP contribution in [0.15, 0.2) is 42.5 Å². The fraction of sp³-hybridized carbons (Fsp3) is 0.481. The summed E-state index contributed by atoms with van der Waals surface area (Å²) < 4.78 is 51.4. The Labute approximate surface area is 222 Å². The van der Waals surface area contributed by atoms with Crippen LogP contribution < -0.4 is 19.1 Å². The number of fused-ring (bicyclic) bond motifs is 1. The number of amides is 2. The minimum Gasteiger partial charge on any atom is -0.454 e. The zero-order valence-corrected chi connectivity index (χ0v) is 22.5. The molecule has 1 aliphatic carbocycles. The van der Waals surface area contributed by atoms with Gasteiger partial charge in [0.05, 0.1) is 11.4 Å². The van der Waals surface area contributed by atoms with Crippen LogP contribution in [0.2, 0.25) is 0 Å². The molecule has 9 nitrogen and oxygen atoms in total. The van der Waals surface area contributed by atoms with E-state index < -0.39 is 34.3 Å². The molecule has 4 rings (SSSR count). The standard InChI is InChI=1S/C27H34FN3O6S/c1-3-38(34,35)31(23-13-14-24-25(15-23)37-18-36-24)17-26(32)30(16-20-9-11-21(28)12-10-20)19(2)27(33)29-22-7-5-4-6-8-22/h9-15,19,22H,3-8,16-18H2,1-2H3,(H,29,33). The maximum Gasteiger partial charge on any atom is 0.244 e. The monoisotopic (exact) mass is 547 g/mol. The molecule has 2 aliphatic rings. The summed E-state index contributed by atoms with van der Waals surface area (Å²) in [5.41, 5.74) is 0.871. The van der Waals surface area contributed by atoms with E-state index in [0.717, 1.165) is 36.4 Å². The molecule has 1 heterocycles. The van der Waals surface area contributed by atoms with Crippen LogP contribution in [-0.2, 0) is 26.2 Å². The van der Waals surface area contributed by atoms with Crippen molar-refractivity contribution < 1.29 is 31.9 Å². The highest BCUT2D eigenvalue weighted by atomic mass is 32.2. The van der Waals surface area contributed by atoms with Gasteiger partial charge in [-0.25, -0.2) is 12.8 Å². The summed E-state index contributed by atoms with van der Waals surface area (Å²) >= 11 is 0. The maximum atomic E-state index is 13.7. The van der Waals surface area contributed by atoms with E-state index in [1.807, 2.05) is 0 Å². The molecule has 1 N–H and O–H groups in total. The zero-order valence-electron chi connectivity index (χ0n) is 21.7. The van der Waals surface area contributed by atoms with Crippen molar-refractivity contribution in [1.82, 2.24) is 10.2 Å². The van der Waals surface area contributed by atoms with Gasteiger partial charge in [-0.1, -0.05) is 31.4 Å². The van der Waals surface area contributed by atoms with Gasteiger partial charge in [-0.2, -0.15) is 0 Å². The number of nitrogens with one attached hydrogen (secondary N) is 1. The van der Waals surface area contributed by atoms with E-state index in [1.54, 1.807) is 31.2 Å². The zero-order chi connectivity index (χ0) is 27.3. The Hall–Kier alpha value is -3.34. The van der Waals surface area contributed by atoms with Gasteiger partial charge in [-0.3, -0.25) is 13.9 Å². The number of carbonyl (C=O) groups excluding carboxylic acids is 2. The lowest BCUT2D eigenvalue weighted by atomic mass is 9.95. The summed E-state index contributed by atoms with van der Waals surface area (Å²) in [7, 11) is -3.87. The first-order chi connectivity index (χ1) is 18.2. The fourth-order valence-electron chi connectivity index (χ4n) is 4.70. The normalized spacial score (nSPS) is 16.1. The Balaban J connectivity index is 1.60. The summed E-state index contributed by atoms with van der Waals surface area (Å²) in [5.74, 6) is -0.646. The van der Waals surface area contributed by atoms with E-state index in [-0.39, 0.29) is 36.7 Å². The molecule has 1 atom stereocenters. The van der Waals surface area contributed by atoms with Crippen molar-refractivity contribution in [2.24, 2.45) is 0 Å². The van der Waals surface area contributed by atoms with Gasteiger partial charge in [0.25, 0.3) is 0 Å². The van der Waals surface area contributed by atoms with E-state index in [2.05, 4.69) is 5.32 Å². The average molecular weight is 548 g/mol. The van der Waals surface area contributed by atoms with Crippen molar-refractivity contribution in [1.29, 1.82) is 0 Å². The number of hydrogen-bond acceptors (Lipinski definition) is 6. The average Bonchev–Trinajstić information content (AvgIpc) is 3.39. The minimum absolute atomic E-state index is 0.0134. The fourth-order valence-corrected chi connectivity index (χ4v) is 5.75. The number of anilines is 1. The van der Waals surface area contributed by atoms with Crippen LogP contribution >= 0.6 is 0 Å². The second-order valence-corrected chi connectivity index (χ2v) is 11.8. The van der Waals surface area contributed by atoms with E-state index in [0.29, 0.717) is 17.1 Å². The van der Waals surface area contributed by atoms with Crippen LogP contribution in [0.4, 0.5) is 10.1 Å². The Morgan fingerprint density at radius 2 is 1.74 bits per heavy atom.